The van der Waals surface area contributed by atoms with Gasteiger partial charge in [-0.2, -0.15) is 0 Å². The molecule has 0 radical (unpaired) electrons. The first-order chi connectivity index (χ1) is 9.02. The van der Waals surface area contributed by atoms with Gasteiger partial charge in [-0.1, -0.05) is 26.0 Å². The third-order valence-electron chi connectivity index (χ3n) is 3.03. The Hall–Kier alpha value is -1.71. The maximum Gasteiger partial charge on any atom is 0.221 e. The fourth-order valence-corrected chi connectivity index (χ4v) is 1.67. The molecule has 0 N–H and O–H groups in total. The molecule has 0 fully saturated rings. The van der Waals surface area contributed by atoms with Crippen LogP contribution in [0.4, 0.5) is 4.39 Å². The number of hydrogen-bond acceptors (Lipinski definition) is 3. The van der Waals surface area contributed by atoms with E-state index >= 15 is 0 Å². The molecule has 0 saturated carbocycles. The minimum absolute atomic E-state index is 0.119. The lowest BCUT2D eigenvalue weighted by Crippen LogP contribution is -2.30. The molecule has 0 amide bonds. The molecular formula is C15H19FO3. The van der Waals surface area contributed by atoms with E-state index in [1.807, 2.05) is 0 Å². The summed E-state index contributed by atoms with van der Waals surface area (Å²) in [6, 6.07) is 6.39. The van der Waals surface area contributed by atoms with E-state index in [0.717, 1.165) is 0 Å². The molecule has 0 aromatic heterocycles. The number of rotatable bonds is 7. The number of ketones is 2. The Bertz CT molecular complexity index is 456. The summed E-state index contributed by atoms with van der Waals surface area (Å²) in [6.07, 6.45) is -1.60. The highest BCUT2D eigenvalue weighted by Crippen LogP contribution is 2.22. The lowest BCUT2D eigenvalue weighted by molar-refractivity contribution is -0.125. The topological polar surface area (TPSA) is 43.4 Å². The van der Waals surface area contributed by atoms with Gasteiger partial charge in [0, 0.05) is 5.92 Å². The highest BCUT2D eigenvalue weighted by atomic mass is 19.1. The van der Waals surface area contributed by atoms with Crippen molar-refractivity contribution in [3.05, 3.63) is 29.8 Å². The van der Waals surface area contributed by atoms with Crippen LogP contribution >= 0.6 is 0 Å². The standard InChI is InChI=1S/C15H19FO3/c1-4-10(3)14(17)13(16)15(18)11-8-6-7-9-12(11)19-5-2/h6-10,13H,4-5H2,1-3H3. The molecule has 104 valence electrons. The van der Waals surface area contributed by atoms with Crippen LogP contribution in [-0.2, 0) is 4.79 Å². The zero-order valence-corrected chi connectivity index (χ0v) is 11.5. The predicted octanol–water partition coefficient (Wildman–Crippen LogP) is 3.22. The molecule has 0 bridgehead atoms. The van der Waals surface area contributed by atoms with Crippen molar-refractivity contribution < 1.29 is 18.7 Å². The molecule has 0 aliphatic carbocycles. The smallest absolute Gasteiger partial charge is 0.221 e. The summed E-state index contributed by atoms with van der Waals surface area (Å²) in [5.41, 5.74) is 0.119. The zero-order valence-electron chi connectivity index (χ0n) is 11.5. The van der Waals surface area contributed by atoms with E-state index in [1.54, 1.807) is 39.0 Å². The molecule has 1 aromatic carbocycles. The first kappa shape index (κ1) is 15.3. The second-order valence-electron chi connectivity index (χ2n) is 4.37. The van der Waals surface area contributed by atoms with E-state index in [-0.39, 0.29) is 5.56 Å². The second kappa shape index (κ2) is 7.02. The van der Waals surface area contributed by atoms with Crippen LogP contribution in [0.1, 0.15) is 37.6 Å². The third kappa shape index (κ3) is 3.63. The lowest BCUT2D eigenvalue weighted by Gasteiger charge is -2.13. The minimum atomic E-state index is -2.11. The van der Waals surface area contributed by atoms with Crippen LogP contribution in [0.3, 0.4) is 0 Å². The number of alkyl halides is 1. The second-order valence-corrected chi connectivity index (χ2v) is 4.37. The van der Waals surface area contributed by atoms with Gasteiger partial charge in [-0.25, -0.2) is 4.39 Å². The van der Waals surface area contributed by atoms with Crippen LogP contribution in [-0.4, -0.2) is 24.3 Å². The molecule has 0 aliphatic rings. The predicted molar refractivity (Wildman–Crippen MR) is 71.3 cm³/mol. The number of carbonyl (C=O) groups excluding carboxylic acids is 2. The number of halogens is 1. The van der Waals surface area contributed by atoms with Gasteiger partial charge in [-0.05, 0) is 25.5 Å². The molecule has 1 aromatic rings. The molecule has 3 nitrogen and oxygen atoms in total. The van der Waals surface area contributed by atoms with Crippen molar-refractivity contribution in [2.75, 3.05) is 6.61 Å². The third-order valence-corrected chi connectivity index (χ3v) is 3.03. The average Bonchev–Trinajstić information content (AvgIpc) is 2.45. The SMILES string of the molecule is CCOc1ccccc1C(=O)C(F)C(=O)C(C)CC. The fourth-order valence-electron chi connectivity index (χ4n) is 1.67. The zero-order chi connectivity index (χ0) is 14.4. The molecule has 0 spiro atoms. The molecule has 0 heterocycles. The van der Waals surface area contributed by atoms with E-state index in [1.165, 1.54) is 6.07 Å². The van der Waals surface area contributed by atoms with Crippen LogP contribution < -0.4 is 4.74 Å². The summed E-state index contributed by atoms with van der Waals surface area (Å²) in [5, 5.41) is 0. The van der Waals surface area contributed by atoms with E-state index in [0.29, 0.717) is 18.8 Å². The Morgan fingerprint density at radius 2 is 1.89 bits per heavy atom. The first-order valence-electron chi connectivity index (χ1n) is 6.46. The molecule has 19 heavy (non-hydrogen) atoms. The number of carbonyl (C=O) groups is 2. The Morgan fingerprint density at radius 1 is 1.26 bits per heavy atom. The summed E-state index contributed by atoms with van der Waals surface area (Å²) in [4.78, 5) is 23.7. The largest absolute Gasteiger partial charge is 0.493 e. The van der Waals surface area contributed by atoms with Gasteiger partial charge in [-0.15, -0.1) is 0 Å². The van der Waals surface area contributed by atoms with Gasteiger partial charge in [0.15, 0.2) is 5.78 Å². The maximum atomic E-state index is 14.0. The molecule has 1 rings (SSSR count). The average molecular weight is 266 g/mol. The van der Waals surface area contributed by atoms with Crippen LogP contribution in [0.2, 0.25) is 0 Å². The van der Waals surface area contributed by atoms with Gasteiger partial charge in [0.2, 0.25) is 12.0 Å². The van der Waals surface area contributed by atoms with Crippen molar-refractivity contribution in [2.45, 2.75) is 33.4 Å². The van der Waals surface area contributed by atoms with Gasteiger partial charge in [-0.3, -0.25) is 9.59 Å². The van der Waals surface area contributed by atoms with E-state index in [4.69, 9.17) is 4.74 Å². The Labute approximate surface area is 112 Å². The molecular weight excluding hydrogens is 247 g/mol. The molecule has 2 atom stereocenters. The quantitative estimate of drug-likeness (QED) is 0.562. The summed E-state index contributed by atoms with van der Waals surface area (Å²) < 4.78 is 19.3. The Kier molecular flexibility index (Phi) is 5.67. The normalized spacial score (nSPS) is 13.7. The molecule has 0 aliphatic heterocycles. The van der Waals surface area contributed by atoms with Gasteiger partial charge in [0.25, 0.3) is 0 Å². The van der Waals surface area contributed by atoms with Crippen molar-refractivity contribution in [1.82, 2.24) is 0 Å². The van der Waals surface area contributed by atoms with Crippen molar-refractivity contribution in [3.63, 3.8) is 0 Å². The van der Waals surface area contributed by atoms with E-state index < -0.39 is 23.7 Å². The fraction of sp³-hybridized carbons (Fsp3) is 0.467. The van der Waals surface area contributed by atoms with Crippen LogP contribution in [0.5, 0.6) is 5.75 Å². The number of benzene rings is 1. The Morgan fingerprint density at radius 3 is 2.47 bits per heavy atom. The van der Waals surface area contributed by atoms with Crippen molar-refractivity contribution in [1.29, 1.82) is 0 Å². The summed E-state index contributed by atoms with van der Waals surface area (Å²) in [6.45, 7) is 5.56. The van der Waals surface area contributed by atoms with Crippen molar-refractivity contribution in [3.8, 4) is 5.75 Å². The van der Waals surface area contributed by atoms with Crippen LogP contribution in [0.15, 0.2) is 24.3 Å². The highest BCUT2D eigenvalue weighted by molar-refractivity contribution is 6.14. The highest BCUT2D eigenvalue weighted by Gasteiger charge is 2.31. The maximum absolute atomic E-state index is 14.0. The Balaban J connectivity index is 2.97. The van der Waals surface area contributed by atoms with Crippen molar-refractivity contribution in [2.24, 2.45) is 5.92 Å². The van der Waals surface area contributed by atoms with Gasteiger partial charge < -0.3 is 4.74 Å². The van der Waals surface area contributed by atoms with Gasteiger partial charge >= 0.3 is 0 Å². The van der Waals surface area contributed by atoms with Gasteiger partial charge in [0.05, 0.1) is 12.2 Å². The molecule has 2 unspecified atom stereocenters. The summed E-state index contributed by atoms with van der Waals surface area (Å²) >= 11 is 0. The number of hydrogen-bond donors (Lipinski definition) is 0. The molecule has 4 heteroatoms. The monoisotopic (exact) mass is 266 g/mol. The lowest BCUT2D eigenvalue weighted by atomic mass is 9.95. The van der Waals surface area contributed by atoms with E-state index in [9.17, 15) is 14.0 Å². The number of para-hydroxylation sites is 1. The number of ether oxygens (including phenoxy) is 1. The minimum Gasteiger partial charge on any atom is -0.493 e. The number of Topliss-reactive ketones (excluding diaryl/α,β-unsaturated/α-hetero) is 2. The summed E-state index contributed by atoms with van der Waals surface area (Å²) in [5.74, 6) is -1.64. The van der Waals surface area contributed by atoms with Crippen LogP contribution in [0, 0.1) is 5.92 Å². The summed E-state index contributed by atoms with van der Waals surface area (Å²) in [7, 11) is 0. The van der Waals surface area contributed by atoms with Crippen molar-refractivity contribution >= 4 is 11.6 Å². The first-order valence-corrected chi connectivity index (χ1v) is 6.46. The molecule has 0 saturated heterocycles. The van der Waals surface area contributed by atoms with Gasteiger partial charge in [0.1, 0.15) is 5.75 Å². The van der Waals surface area contributed by atoms with Crippen LogP contribution in [0.25, 0.3) is 0 Å². The van der Waals surface area contributed by atoms with E-state index in [2.05, 4.69) is 0 Å².